The third-order valence-corrected chi connectivity index (χ3v) is 6.61. The number of aryl methyl sites for hydroxylation is 3. The van der Waals surface area contributed by atoms with Gasteiger partial charge in [-0.25, -0.2) is 0 Å². The summed E-state index contributed by atoms with van der Waals surface area (Å²) in [5.74, 6) is 1.46. The van der Waals surface area contributed by atoms with Crippen molar-refractivity contribution in [3.05, 3.63) is 51.2 Å². The van der Waals surface area contributed by atoms with Crippen LogP contribution in [0.4, 0.5) is 0 Å². The molecule has 0 amide bonds. The minimum absolute atomic E-state index is 0.356. The minimum atomic E-state index is -0.726. The maximum absolute atomic E-state index is 10.4. The van der Waals surface area contributed by atoms with E-state index in [4.69, 9.17) is 4.74 Å². The molecule has 0 bridgehead atoms. The maximum Gasteiger partial charge on any atom is 0.122 e. The Morgan fingerprint density at radius 3 is 2.38 bits per heavy atom. The molecular formula is C23H34O2S. The fourth-order valence-corrected chi connectivity index (χ4v) is 4.19. The summed E-state index contributed by atoms with van der Waals surface area (Å²) >= 11 is 1.87. The molecular weight excluding hydrogens is 340 g/mol. The molecule has 2 aromatic rings. The second-order valence-corrected chi connectivity index (χ2v) is 8.48. The van der Waals surface area contributed by atoms with E-state index in [1.165, 1.54) is 22.4 Å². The quantitative estimate of drug-likeness (QED) is 0.520. The number of thiophene rings is 1. The molecule has 1 aromatic carbocycles. The Morgan fingerprint density at radius 1 is 1.12 bits per heavy atom. The first-order valence-corrected chi connectivity index (χ1v) is 10.8. The zero-order chi connectivity index (χ0) is 19.2. The Morgan fingerprint density at radius 2 is 1.85 bits per heavy atom. The van der Waals surface area contributed by atoms with Gasteiger partial charge in [-0.1, -0.05) is 32.9 Å². The second kappa shape index (κ2) is 9.57. The Hall–Kier alpha value is -1.32. The number of aliphatic hydroxyl groups is 1. The summed E-state index contributed by atoms with van der Waals surface area (Å²) < 4.78 is 5.94. The first-order valence-electron chi connectivity index (χ1n) is 9.90. The van der Waals surface area contributed by atoms with Crippen molar-refractivity contribution in [2.45, 2.75) is 78.2 Å². The number of benzene rings is 1. The molecule has 0 fully saturated rings. The molecule has 0 aliphatic carbocycles. The zero-order valence-corrected chi connectivity index (χ0v) is 17.8. The third-order valence-electron chi connectivity index (χ3n) is 5.50. The summed E-state index contributed by atoms with van der Waals surface area (Å²) in [6, 6.07) is 8.85. The monoisotopic (exact) mass is 374 g/mol. The van der Waals surface area contributed by atoms with E-state index in [0.717, 1.165) is 24.2 Å². The third kappa shape index (κ3) is 5.59. The molecule has 1 N–H and O–H groups in total. The van der Waals surface area contributed by atoms with Crippen LogP contribution in [-0.2, 0) is 6.42 Å². The van der Waals surface area contributed by atoms with E-state index in [-0.39, 0.29) is 0 Å². The highest BCUT2D eigenvalue weighted by Gasteiger charge is 2.23. The lowest BCUT2D eigenvalue weighted by Crippen LogP contribution is -2.34. The van der Waals surface area contributed by atoms with Crippen molar-refractivity contribution in [2.24, 2.45) is 0 Å². The zero-order valence-electron chi connectivity index (χ0n) is 17.0. The fraction of sp³-hybridized carbons (Fsp3) is 0.565. The van der Waals surface area contributed by atoms with E-state index in [0.29, 0.717) is 25.4 Å². The van der Waals surface area contributed by atoms with Crippen LogP contribution in [0.15, 0.2) is 29.6 Å². The van der Waals surface area contributed by atoms with Gasteiger partial charge in [-0.05, 0) is 86.1 Å². The van der Waals surface area contributed by atoms with Gasteiger partial charge < -0.3 is 9.84 Å². The summed E-state index contributed by atoms with van der Waals surface area (Å²) in [7, 11) is 0. The summed E-state index contributed by atoms with van der Waals surface area (Å²) in [6.07, 6.45) is 4.90. The highest BCUT2D eigenvalue weighted by Crippen LogP contribution is 2.30. The van der Waals surface area contributed by atoms with Crippen molar-refractivity contribution >= 4 is 11.3 Å². The van der Waals surface area contributed by atoms with Crippen LogP contribution >= 0.6 is 11.3 Å². The molecule has 2 nitrogen and oxygen atoms in total. The van der Waals surface area contributed by atoms with Gasteiger partial charge in [-0.15, -0.1) is 11.3 Å². The average Bonchev–Trinajstić information content (AvgIpc) is 3.06. The van der Waals surface area contributed by atoms with Crippen molar-refractivity contribution in [3.8, 4) is 5.75 Å². The van der Waals surface area contributed by atoms with E-state index in [1.54, 1.807) is 0 Å². The van der Waals surface area contributed by atoms with Gasteiger partial charge in [0.1, 0.15) is 12.4 Å². The molecule has 0 saturated heterocycles. The van der Waals surface area contributed by atoms with Gasteiger partial charge in [-0.2, -0.15) is 0 Å². The number of rotatable bonds is 10. The normalized spacial score (nSPS) is 13.0. The van der Waals surface area contributed by atoms with Crippen molar-refractivity contribution in [1.29, 1.82) is 0 Å². The van der Waals surface area contributed by atoms with Gasteiger partial charge in [0.2, 0.25) is 0 Å². The molecule has 0 saturated carbocycles. The summed E-state index contributed by atoms with van der Waals surface area (Å²) in [5, 5.41) is 12.7. The number of hydrogen-bond acceptors (Lipinski definition) is 3. The molecule has 1 heterocycles. The SMILES string of the molecule is CCC(CCc1cc(C)cs1)c1ccc(OCC(O)(CC)CC)c(C)c1. The fourth-order valence-electron chi connectivity index (χ4n) is 3.30. The van der Waals surface area contributed by atoms with Crippen LogP contribution in [-0.4, -0.2) is 17.3 Å². The standard InChI is InChI=1S/C23H34O2S/c1-6-19(9-11-21-13-17(4)15-26-21)20-10-12-22(18(5)14-20)25-16-23(24,7-2)8-3/h10,12-15,19,24H,6-9,11,16H2,1-5H3. The Bertz CT molecular complexity index is 685. The topological polar surface area (TPSA) is 29.5 Å². The molecule has 2 rings (SSSR count). The predicted octanol–water partition coefficient (Wildman–Crippen LogP) is 6.42. The van der Waals surface area contributed by atoms with Crippen LogP contribution in [0.25, 0.3) is 0 Å². The van der Waals surface area contributed by atoms with E-state index >= 15 is 0 Å². The van der Waals surface area contributed by atoms with Crippen molar-refractivity contribution in [3.63, 3.8) is 0 Å². The second-order valence-electron chi connectivity index (χ2n) is 7.48. The van der Waals surface area contributed by atoms with Crippen molar-refractivity contribution in [1.82, 2.24) is 0 Å². The molecule has 0 radical (unpaired) electrons. The van der Waals surface area contributed by atoms with Gasteiger partial charge in [-0.3, -0.25) is 0 Å². The summed E-state index contributed by atoms with van der Waals surface area (Å²) in [5.41, 5.74) is 3.19. The van der Waals surface area contributed by atoms with E-state index in [1.807, 2.05) is 25.2 Å². The lowest BCUT2D eigenvalue weighted by molar-refractivity contribution is -0.0115. The molecule has 26 heavy (non-hydrogen) atoms. The molecule has 1 aromatic heterocycles. The number of hydrogen-bond donors (Lipinski definition) is 1. The first-order chi connectivity index (χ1) is 12.4. The van der Waals surface area contributed by atoms with Crippen LogP contribution < -0.4 is 4.74 Å². The molecule has 1 unspecified atom stereocenters. The molecule has 0 spiro atoms. The lowest BCUT2D eigenvalue weighted by Gasteiger charge is -2.26. The van der Waals surface area contributed by atoms with Gasteiger partial charge in [0.05, 0.1) is 5.60 Å². The Balaban J connectivity index is 2.01. The number of ether oxygens (including phenoxy) is 1. The Kier molecular flexibility index (Phi) is 7.72. The molecule has 0 aliphatic heterocycles. The summed E-state index contributed by atoms with van der Waals surface area (Å²) in [4.78, 5) is 1.48. The molecule has 144 valence electrons. The lowest BCUT2D eigenvalue weighted by atomic mass is 9.90. The smallest absolute Gasteiger partial charge is 0.122 e. The van der Waals surface area contributed by atoms with Gasteiger partial charge in [0.25, 0.3) is 0 Å². The van der Waals surface area contributed by atoms with Gasteiger partial charge >= 0.3 is 0 Å². The average molecular weight is 375 g/mol. The van der Waals surface area contributed by atoms with Crippen LogP contribution in [0.5, 0.6) is 5.75 Å². The molecule has 3 heteroatoms. The van der Waals surface area contributed by atoms with E-state index in [9.17, 15) is 5.11 Å². The van der Waals surface area contributed by atoms with Crippen LogP contribution in [0.2, 0.25) is 0 Å². The van der Waals surface area contributed by atoms with E-state index < -0.39 is 5.60 Å². The molecule has 1 atom stereocenters. The van der Waals surface area contributed by atoms with Crippen molar-refractivity contribution < 1.29 is 9.84 Å². The molecule has 0 aliphatic rings. The van der Waals surface area contributed by atoms with Crippen molar-refractivity contribution in [2.75, 3.05) is 6.61 Å². The van der Waals surface area contributed by atoms with E-state index in [2.05, 4.69) is 50.4 Å². The first kappa shape index (κ1) is 21.0. The van der Waals surface area contributed by atoms with Crippen LogP contribution in [0.1, 0.15) is 73.9 Å². The van der Waals surface area contributed by atoms with Gasteiger partial charge in [0.15, 0.2) is 0 Å². The largest absolute Gasteiger partial charge is 0.490 e. The maximum atomic E-state index is 10.4. The van der Waals surface area contributed by atoms with Crippen LogP contribution in [0, 0.1) is 13.8 Å². The Labute approximate surface area is 163 Å². The predicted molar refractivity (Wildman–Crippen MR) is 113 cm³/mol. The minimum Gasteiger partial charge on any atom is -0.490 e. The van der Waals surface area contributed by atoms with Gasteiger partial charge in [0, 0.05) is 4.88 Å². The highest BCUT2D eigenvalue weighted by atomic mass is 32.1. The van der Waals surface area contributed by atoms with Crippen LogP contribution in [0.3, 0.4) is 0 Å². The highest BCUT2D eigenvalue weighted by molar-refractivity contribution is 7.10. The summed E-state index contributed by atoms with van der Waals surface area (Å²) in [6.45, 7) is 10.9.